The second-order valence-corrected chi connectivity index (χ2v) is 11.7. The van der Waals surface area contributed by atoms with Gasteiger partial charge in [-0.05, 0) is 56.9 Å². The fourth-order valence-corrected chi connectivity index (χ4v) is 7.24. The maximum Gasteiger partial charge on any atom is 0.332 e. The highest BCUT2D eigenvalue weighted by Gasteiger charge is 2.49. The molecular formula is C31H43N3O5. The number of rotatable bonds is 8. The zero-order chi connectivity index (χ0) is 27.5. The first-order valence-electron chi connectivity index (χ1n) is 15.0. The highest BCUT2D eigenvalue weighted by Crippen LogP contribution is 2.42. The van der Waals surface area contributed by atoms with E-state index < -0.39 is 12.1 Å². The van der Waals surface area contributed by atoms with E-state index >= 15 is 0 Å². The van der Waals surface area contributed by atoms with Crippen LogP contribution in [0.3, 0.4) is 0 Å². The predicted octanol–water partition coefficient (Wildman–Crippen LogP) is 5.28. The van der Waals surface area contributed by atoms with E-state index in [2.05, 4.69) is 0 Å². The summed E-state index contributed by atoms with van der Waals surface area (Å²) in [4.78, 5) is 43.2. The molecule has 1 amide bonds. The maximum atomic E-state index is 14.3. The van der Waals surface area contributed by atoms with Crippen molar-refractivity contribution < 1.29 is 19.4 Å². The van der Waals surface area contributed by atoms with Crippen molar-refractivity contribution in [3.63, 3.8) is 0 Å². The van der Waals surface area contributed by atoms with Crippen LogP contribution in [0.4, 0.5) is 0 Å². The quantitative estimate of drug-likeness (QED) is 0.463. The molecule has 1 saturated heterocycles. The standard InChI is InChI=1S/C31H43N3O5/c1-3-12-26-29(36)33(24-16-8-5-9-17-24)31(38)32(26)21(2)28(35)34-25-18-11-10-15-23(25)19-27(34)30(37)39-20-22-13-6-4-7-14-22/h4,6-7,13-14,21,23-25,27,36H,3,5,8-12,15-20H2,1-2H3/t21-,23-,25-,27-/m0/s1. The molecule has 2 heterocycles. The molecule has 8 heteroatoms. The highest BCUT2D eigenvalue weighted by atomic mass is 16.5. The summed E-state index contributed by atoms with van der Waals surface area (Å²) in [7, 11) is 0. The van der Waals surface area contributed by atoms with Crippen LogP contribution in [0.1, 0.15) is 108 Å². The van der Waals surface area contributed by atoms with E-state index in [4.69, 9.17) is 4.74 Å². The van der Waals surface area contributed by atoms with Gasteiger partial charge in [-0.15, -0.1) is 0 Å². The van der Waals surface area contributed by atoms with Gasteiger partial charge in [-0.2, -0.15) is 0 Å². The molecule has 4 atom stereocenters. The van der Waals surface area contributed by atoms with Crippen molar-refractivity contribution in [2.45, 2.75) is 122 Å². The Kier molecular flexibility index (Phi) is 8.48. The number of carbonyl (C=O) groups is 2. The fourth-order valence-electron chi connectivity index (χ4n) is 7.24. The van der Waals surface area contributed by atoms with E-state index in [1.807, 2.05) is 37.3 Å². The number of aromatic hydroxyl groups is 1. The van der Waals surface area contributed by atoms with Crippen LogP contribution < -0.4 is 5.69 Å². The molecule has 0 spiro atoms. The van der Waals surface area contributed by atoms with Gasteiger partial charge in [0.15, 0.2) is 0 Å². The summed E-state index contributed by atoms with van der Waals surface area (Å²) < 4.78 is 8.77. The van der Waals surface area contributed by atoms with Crippen LogP contribution >= 0.6 is 0 Å². The molecule has 5 rings (SSSR count). The number of ether oxygens (including phenoxy) is 1. The van der Waals surface area contributed by atoms with E-state index in [0.29, 0.717) is 18.5 Å². The number of nitrogens with zero attached hydrogens (tertiary/aromatic N) is 3. The number of esters is 1. The van der Waals surface area contributed by atoms with E-state index in [0.717, 1.165) is 69.8 Å². The Labute approximate surface area is 231 Å². The second kappa shape index (κ2) is 12.0. The number of imidazole rings is 1. The molecule has 3 aliphatic rings. The van der Waals surface area contributed by atoms with Crippen molar-refractivity contribution in [1.29, 1.82) is 0 Å². The van der Waals surface area contributed by atoms with Crippen molar-refractivity contribution in [3.8, 4) is 5.88 Å². The molecule has 0 radical (unpaired) electrons. The van der Waals surface area contributed by atoms with Crippen molar-refractivity contribution in [1.82, 2.24) is 14.0 Å². The van der Waals surface area contributed by atoms with Crippen LogP contribution in [0.2, 0.25) is 0 Å². The smallest absolute Gasteiger partial charge is 0.332 e. The predicted molar refractivity (Wildman–Crippen MR) is 148 cm³/mol. The molecule has 212 valence electrons. The maximum absolute atomic E-state index is 14.3. The largest absolute Gasteiger partial charge is 0.493 e. The number of fused-ring (bicyclic) bond motifs is 1. The summed E-state index contributed by atoms with van der Waals surface area (Å²) in [6.07, 6.45) is 10.7. The van der Waals surface area contributed by atoms with Gasteiger partial charge in [-0.3, -0.25) is 13.9 Å². The zero-order valence-electron chi connectivity index (χ0n) is 23.4. The summed E-state index contributed by atoms with van der Waals surface area (Å²) in [5.41, 5.74) is 1.12. The van der Waals surface area contributed by atoms with Crippen molar-refractivity contribution >= 4 is 11.9 Å². The monoisotopic (exact) mass is 537 g/mol. The van der Waals surface area contributed by atoms with Gasteiger partial charge < -0.3 is 14.7 Å². The number of hydrogen-bond acceptors (Lipinski definition) is 5. The molecule has 3 fully saturated rings. The normalized spacial score (nSPS) is 24.4. The van der Waals surface area contributed by atoms with Crippen molar-refractivity contribution in [3.05, 3.63) is 52.1 Å². The number of hydrogen-bond donors (Lipinski definition) is 1. The van der Waals surface area contributed by atoms with E-state index in [1.165, 1.54) is 9.13 Å². The van der Waals surface area contributed by atoms with Gasteiger partial charge >= 0.3 is 11.7 Å². The lowest BCUT2D eigenvalue weighted by atomic mass is 9.84. The van der Waals surface area contributed by atoms with Crippen LogP contribution in [0, 0.1) is 5.92 Å². The SMILES string of the molecule is CCCc1c(O)n(C2CCCCC2)c(=O)n1[C@@H](C)C(=O)N1[C@H](C(=O)OCc2ccccc2)C[C@@H]2CCCC[C@@H]21. The third-order valence-corrected chi connectivity index (χ3v) is 9.20. The Bertz CT molecular complexity index is 1210. The van der Waals surface area contributed by atoms with Crippen molar-refractivity contribution in [2.75, 3.05) is 0 Å². The molecule has 2 aromatic rings. The lowest BCUT2D eigenvalue weighted by molar-refractivity contribution is -0.156. The van der Waals surface area contributed by atoms with E-state index in [9.17, 15) is 19.5 Å². The molecule has 1 aliphatic heterocycles. The Morgan fingerprint density at radius 3 is 2.44 bits per heavy atom. The van der Waals surface area contributed by atoms with Crippen LogP contribution in [0.5, 0.6) is 5.88 Å². The Morgan fingerprint density at radius 1 is 1.03 bits per heavy atom. The fraction of sp³-hybridized carbons (Fsp3) is 0.645. The zero-order valence-corrected chi connectivity index (χ0v) is 23.4. The van der Waals surface area contributed by atoms with Gasteiger partial charge in [0, 0.05) is 12.1 Å². The van der Waals surface area contributed by atoms with Crippen LogP contribution in [-0.2, 0) is 27.4 Å². The topological polar surface area (TPSA) is 93.8 Å². The van der Waals surface area contributed by atoms with Gasteiger partial charge in [0.25, 0.3) is 0 Å². The number of likely N-dealkylation sites (tertiary alicyclic amines) is 1. The summed E-state index contributed by atoms with van der Waals surface area (Å²) in [6, 6.07) is 8.02. The van der Waals surface area contributed by atoms with Crippen LogP contribution in [0.15, 0.2) is 35.1 Å². The Balaban J connectivity index is 1.44. The minimum atomic E-state index is -0.820. The minimum absolute atomic E-state index is 0.00388. The first-order chi connectivity index (χ1) is 18.9. The van der Waals surface area contributed by atoms with Gasteiger partial charge in [0.2, 0.25) is 11.8 Å². The van der Waals surface area contributed by atoms with Gasteiger partial charge in [-0.25, -0.2) is 9.59 Å². The molecule has 39 heavy (non-hydrogen) atoms. The average molecular weight is 538 g/mol. The molecule has 1 aromatic carbocycles. The first-order valence-corrected chi connectivity index (χ1v) is 15.0. The summed E-state index contributed by atoms with van der Waals surface area (Å²) >= 11 is 0. The number of carbonyl (C=O) groups excluding carboxylic acids is 2. The highest BCUT2D eigenvalue weighted by molar-refractivity contribution is 5.87. The third kappa shape index (κ3) is 5.39. The number of aromatic nitrogens is 2. The van der Waals surface area contributed by atoms with E-state index in [1.54, 1.807) is 11.8 Å². The first kappa shape index (κ1) is 27.5. The molecule has 0 bridgehead atoms. The molecule has 1 N–H and O–H groups in total. The molecular weight excluding hydrogens is 494 g/mol. The average Bonchev–Trinajstić information content (AvgIpc) is 3.47. The minimum Gasteiger partial charge on any atom is -0.493 e. The molecule has 2 aliphatic carbocycles. The molecule has 1 aromatic heterocycles. The summed E-state index contributed by atoms with van der Waals surface area (Å²) in [5.74, 6) is -0.343. The second-order valence-electron chi connectivity index (χ2n) is 11.7. The Morgan fingerprint density at radius 2 is 1.72 bits per heavy atom. The Hall–Kier alpha value is -3.03. The third-order valence-electron chi connectivity index (χ3n) is 9.20. The lowest BCUT2D eigenvalue weighted by Gasteiger charge is -2.35. The van der Waals surface area contributed by atoms with E-state index in [-0.39, 0.29) is 48.1 Å². The number of benzene rings is 1. The van der Waals surface area contributed by atoms with Crippen molar-refractivity contribution in [2.24, 2.45) is 5.92 Å². The summed E-state index contributed by atoms with van der Waals surface area (Å²) in [5, 5.41) is 11.2. The lowest BCUT2D eigenvalue weighted by Crippen LogP contribution is -2.50. The summed E-state index contributed by atoms with van der Waals surface area (Å²) in [6.45, 7) is 3.92. The van der Waals surface area contributed by atoms with Gasteiger partial charge in [-0.1, -0.05) is 75.8 Å². The van der Waals surface area contributed by atoms with Gasteiger partial charge in [0.05, 0.1) is 5.69 Å². The van der Waals surface area contributed by atoms with Crippen LogP contribution in [-0.4, -0.2) is 43.1 Å². The molecule has 0 unspecified atom stereocenters. The van der Waals surface area contributed by atoms with Gasteiger partial charge in [0.1, 0.15) is 18.7 Å². The molecule has 2 saturated carbocycles. The number of amides is 1. The van der Waals surface area contributed by atoms with Crippen LogP contribution in [0.25, 0.3) is 0 Å². The molecule has 8 nitrogen and oxygen atoms in total.